The summed E-state index contributed by atoms with van der Waals surface area (Å²) in [6.07, 6.45) is -1.83. The van der Waals surface area contributed by atoms with Crippen molar-refractivity contribution in [2.75, 3.05) is 6.61 Å². The lowest BCUT2D eigenvalue weighted by molar-refractivity contribution is 0.0523. The predicted octanol–water partition coefficient (Wildman–Crippen LogP) is 2.09. The Balaban J connectivity index is 3.22. The van der Waals surface area contributed by atoms with Crippen molar-refractivity contribution in [3.05, 3.63) is 31.2 Å². The number of hydrogen-bond donors (Lipinski definition) is 1. The lowest BCUT2D eigenvalue weighted by Gasteiger charge is -2.05. The van der Waals surface area contributed by atoms with Gasteiger partial charge in [-0.1, -0.05) is 0 Å². The van der Waals surface area contributed by atoms with Crippen molar-refractivity contribution < 1.29 is 18.3 Å². The van der Waals surface area contributed by atoms with E-state index in [1.807, 2.05) is 0 Å². The average molecular weight is 343 g/mol. The topological polar surface area (TPSA) is 59.2 Å². The summed E-state index contributed by atoms with van der Waals surface area (Å²) in [6, 6.07) is 0. The van der Waals surface area contributed by atoms with Gasteiger partial charge in [-0.25, -0.2) is 13.6 Å². The Labute approximate surface area is 103 Å². The molecule has 0 unspecified atom stereocenters. The predicted molar refractivity (Wildman–Crippen MR) is 60.7 cm³/mol. The third kappa shape index (κ3) is 2.57. The van der Waals surface area contributed by atoms with Gasteiger partial charge in [-0.2, -0.15) is 0 Å². The number of pyridine rings is 1. The van der Waals surface area contributed by atoms with Crippen LogP contribution in [-0.2, 0) is 4.74 Å². The number of carbonyl (C=O) groups is 1. The van der Waals surface area contributed by atoms with E-state index in [4.69, 9.17) is 0 Å². The van der Waals surface area contributed by atoms with Crippen LogP contribution >= 0.6 is 22.6 Å². The van der Waals surface area contributed by atoms with E-state index in [2.05, 4.69) is 9.72 Å². The Bertz CT molecular complexity index is 459. The normalized spacial score (nSPS) is 10.6. The molecule has 1 aromatic rings. The Morgan fingerprint density at radius 2 is 2.25 bits per heavy atom. The van der Waals surface area contributed by atoms with Crippen molar-refractivity contribution >= 4 is 28.6 Å². The minimum atomic E-state index is -2.78. The molecule has 4 nitrogen and oxygen atoms in total. The van der Waals surface area contributed by atoms with Gasteiger partial charge in [0.05, 0.1) is 15.9 Å². The van der Waals surface area contributed by atoms with Crippen molar-refractivity contribution in [3.63, 3.8) is 0 Å². The lowest BCUT2D eigenvalue weighted by atomic mass is 10.2. The molecule has 0 saturated heterocycles. The van der Waals surface area contributed by atoms with Gasteiger partial charge in [0, 0.05) is 6.20 Å². The molecule has 0 bridgehead atoms. The van der Waals surface area contributed by atoms with E-state index in [0.29, 0.717) is 0 Å². The van der Waals surface area contributed by atoms with E-state index >= 15 is 0 Å². The summed E-state index contributed by atoms with van der Waals surface area (Å²) in [5.41, 5.74) is -1.50. The Hall–Kier alpha value is -0.990. The third-order valence-electron chi connectivity index (χ3n) is 1.77. The van der Waals surface area contributed by atoms with Crippen LogP contribution in [-0.4, -0.2) is 17.6 Å². The fraction of sp³-hybridized carbons (Fsp3) is 0.333. The zero-order valence-electron chi connectivity index (χ0n) is 8.22. The van der Waals surface area contributed by atoms with Crippen LogP contribution in [0, 0.1) is 3.57 Å². The molecule has 0 aromatic carbocycles. The largest absolute Gasteiger partial charge is 0.462 e. The molecule has 0 spiro atoms. The van der Waals surface area contributed by atoms with E-state index in [1.165, 1.54) is 22.6 Å². The highest BCUT2D eigenvalue weighted by molar-refractivity contribution is 14.1. The number of alkyl halides is 2. The number of rotatable bonds is 3. The quantitative estimate of drug-likeness (QED) is 0.676. The highest BCUT2D eigenvalue weighted by Gasteiger charge is 2.20. The van der Waals surface area contributed by atoms with Crippen molar-refractivity contribution in [1.82, 2.24) is 4.98 Å². The van der Waals surface area contributed by atoms with Crippen LogP contribution in [0.3, 0.4) is 0 Å². The molecular weight excluding hydrogens is 335 g/mol. The highest BCUT2D eigenvalue weighted by Crippen LogP contribution is 2.19. The first-order valence-electron chi connectivity index (χ1n) is 4.35. The van der Waals surface area contributed by atoms with Gasteiger partial charge in [0.25, 0.3) is 6.43 Å². The van der Waals surface area contributed by atoms with Crippen LogP contribution in [0.5, 0.6) is 0 Å². The second-order valence-corrected chi connectivity index (χ2v) is 3.86. The molecule has 7 heteroatoms. The Morgan fingerprint density at radius 3 is 2.75 bits per heavy atom. The van der Waals surface area contributed by atoms with E-state index < -0.39 is 23.5 Å². The Kier molecular flexibility index (Phi) is 4.39. The number of carbonyl (C=O) groups excluding carboxylic acids is 1. The van der Waals surface area contributed by atoms with Crippen LogP contribution in [0.4, 0.5) is 8.78 Å². The van der Waals surface area contributed by atoms with Crippen molar-refractivity contribution in [3.8, 4) is 0 Å². The number of hydrogen-bond acceptors (Lipinski definition) is 3. The number of ether oxygens (including phenoxy) is 1. The van der Waals surface area contributed by atoms with Gasteiger partial charge >= 0.3 is 5.97 Å². The third-order valence-corrected chi connectivity index (χ3v) is 2.84. The van der Waals surface area contributed by atoms with Gasteiger partial charge < -0.3 is 9.72 Å². The summed E-state index contributed by atoms with van der Waals surface area (Å²) in [4.78, 5) is 25.0. The molecule has 0 saturated carbocycles. The smallest absolute Gasteiger partial charge is 0.343 e. The fourth-order valence-corrected chi connectivity index (χ4v) is 1.72. The Morgan fingerprint density at radius 1 is 1.62 bits per heavy atom. The molecule has 0 amide bonds. The number of aromatic nitrogens is 1. The standard InChI is InChI=1S/C9H8F2INO3/c1-2-16-9(15)4-3-13-6(8(10)11)5(12)7(4)14/h3,8H,2H2,1H3,(H,13,14). The van der Waals surface area contributed by atoms with Crippen molar-refractivity contribution in [2.45, 2.75) is 13.3 Å². The SMILES string of the molecule is CCOC(=O)c1c[nH]c(C(F)F)c(I)c1=O. The van der Waals surface area contributed by atoms with E-state index in [1.54, 1.807) is 6.92 Å². The molecule has 1 rings (SSSR count). The second-order valence-electron chi connectivity index (χ2n) is 2.78. The van der Waals surface area contributed by atoms with Crippen LogP contribution in [0.2, 0.25) is 0 Å². The highest BCUT2D eigenvalue weighted by atomic mass is 127. The monoisotopic (exact) mass is 343 g/mol. The van der Waals surface area contributed by atoms with Gasteiger partial charge in [0.2, 0.25) is 5.43 Å². The van der Waals surface area contributed by atoms with Crippen molar-refractivity contribution in [1.29, 1.82) is 0 Å². The molecule has 16 heavy (non-hydrogen) atoms. The molecule has 0 aliphatic carbocycles. The minimum Gasteiger partial charge on any atom is -0.462 e. The lowest BCUT2D eigenvalue weighted by Crippen LogP contribution is -2.22. The summed E-state index contributed by atoms with van der Waals surface area (Å²) in [5, 5.41) is 0. The number of H-pyrrole nitrogens is 1. The molecule has 1 heterocycles. The van der Waals surface area contributed by atoms with Crippen LogP contribution in [0.25, 0.3) is 0 Å². The molecule has 1 aromatic heterocycles. The summed E-state index contributed by atoms with van der Waals surface area (Å²) in [5.74, 6) is -0.817. The second kappa shape index (κ2) is 5.37. The zero-order chi connectivity index (χ0) is 12.3. The van der Waals surface area contributed by atoms with Crippen LogP contribution in [0.15, 0.2) is 11.0 Å². The number of esters is 1. The molecule has 1 N–H and O–H groups in total. The van der Waals surface area contributed by atoms with E-state index in [9.17, 15) is 18.4 Å². The van der Waals surface area contributed by atoms with E-state index in [-0.39, 0.29) is 15.7 Å². The molecular formula is C9H8F2INO3. The first kappa shape index (κ1) is 13.1. The van der Waals surface area contributed by atoms with Gasteiger partial charge in [0.15, 0.2) is 0 Å². The van der Waals surface area contributed by atoms with Gasteiger partial charge in [-0.3, -0.25) is 4.79 Å². The van der Waals surface area contributed by atoms with Crippen LogP contribution in [0.1, 0.15) is 29.4 Å². The van der Waals surface area contributed by atoms with Crippen molar-refractivity contribution in [2.24, 2.45) is 0 Å². The molecule has 0 aliphatic heterocycles. The average Bonchev–Trinajstić information content (AvgIpc) is 2.21. The maximum Gasteiger partial charge on any atom is 0.343 e. The first-order chi connectivity index (χ1) is 7.49. The van der Waals surface area contributed by atoms with E-state index in [0.717, 1.165) is 6.20 Å². The van der Waals surface area contributed by atoms with Gasteiger partial charge in [-0.05, 0) is 29.5 Å². The number of aromatic amines is 1. The molecule has 0 atom stereocenters. The maximum atomic E-state index is 12.4. The van der Waals surface area contributed by atoms with Crippen LogP contribution < -0.4 is 5.43 Å². The first-order valence-corrected chi connectivity index (χ1v) is 5.43. The summed E-state index contributed by atoms with van der Waals surface area (Å²) in [6.45, 7) is 1.70. The van der Waals surface area contributed by atoms with Gasteiger partial charge in [0.1, 0.15) is 5.56 Å². The number of halogens is 3. The zero-order valence-corrected chi connectivity index (χ0v) is 10.4. The summed E-state index contributed by atoms with van der Waals surface area (Å²) >= 11 is 1.48. The molecule has 88 valence electrons. The maximum absolute atomic E-state index is 12.4. The van der Waals surface area contributed by atoms with Gasteiger partial charge in [-0.15, -0.1) is 0 Å². The summed E-state index contributed by atoms with van der Waals surface area (Å²) in [7, 11) is 0. The molecule has 0 radical (unpaired) electrons. The minimum absolute atomic E-state index is 0.117. The molecule has 0 fully saturated rings. The fourth-order valence-electron chi connectivity index (χ4n) is 1.04. The molecule has 0 aliphatic rings. The summed E-state index contributed by atoms with van der Waals surface area (Å²) < 4.78 is 29.2. The number of nitrogens with one attached hydrogen (secondary N) is 1.